The van der Waals surface area contributed by atoms with Gasteiger partial charge in [0.05, 0.1) is 5.52 Å². The van der Waals surface area contributed by atoms with E-state index in [0.717, 1.165) is 21.8 Å². The quantitative estimate of drug-likeness (QED) is 0.403. The molecule has 0 bridgehead atoms. The molecule has 0 aliphatic heterocycles. The van der Waals surface area contributed by atoms with Gasteiger partial charge in [0.1, 0.15) is 5.52 Å². The summed E-state index contributed by atoms with van der Waals surface area (Å²) < 4.78 is 0. The minimum atomic E-state index is 0.907. The predicted molar refractivity (Wildman–Crippen MR) is 98.8 cm³/mol. The minimum Gasteiger partial charge on any atom is -0.256 e. The smallest absolute Gasteiger partial charge is 0.102 e. The summed E-state index contributed by atoms with van der Waals surface area (Å²) in [6.07, 6.45) is 3.47. The highest BCUT2D eigenvalue weighted by atomic mass is 15.1. The highest BCUT2D eigenvalue weighted by molar-refractivity contribution is 6.03. The Kier molecular flexibility index (Phi) is 3.82. The standard InChI is InChI=1S/C11H7N3.C10H8/c1-2-8-3-4-10-9(5-7-12-10)11(8)14-13-6-1;1-2-6-10-8-4-3-7-9(10)5-1/h1-7H;1-8H. The zero-order valence-electron chi connectivity index (χ0n) is 13.0. The predicted octanol–water partition coefficient (Wildman–Crippen LogP) is 5.02. The van der Waals surface area contributed by atoms with Gasteiger partial charge in [-0.15, -0.1) is 5.10 Å². The fourth-order valence-electron chi connectivity index (χ4n) is 2.74. The van der Waals surface area contributed by atoms with Crippen molar-refractivity contribution in [2.45, 2.75) is 0 Å². The van der Waals surface area contributed by atoms with Crippen LogP contribution in [0.25, 0.3) is 32.6 Å². The Bertz CT molecular complexity index is 1050. The van der Waals surface area contributed by atoms with Crippen LogP contribution in [0.2, 0.25) is 0 Å². The van der Waals surface area contributed by atoms with Crippen molar-refractivity contribution in [1.29, 1.82) is 0 Å². The number of benzene rings is 3. The molecule has 0 radical (unpaired) electrons. The molecule has 5 aromatic rings. The monoisotopic (exact) mass is 309 g/mol. The van der Waals surface area contributed by atoms with E-state index in [9.17, 15) is 0 Å². The molecule has 0 fully saturated rings. The van der Waals surface area contributed by atoms with Crippen LogP contribution in [-0.4, -0.2) is 15.2 Å². The third kappa shape index (κ3) is 2.79. The molecule has 0 aliphatic carbocycles. The van der Waals surface area contributed by atoms with Crippen molar-refractivity contribution in [2.24, 2.45) is 0 Å². The van der Waals surface area contributed by atoms with Crippen LogP contribution in [0, 0.1) is 0 Å². The third-order valence-corrected chi connectivity index (χ3v) is 3.93. The second-order valence-corrected chi connectivity index (χ2v) is 5.45. The Morgan fingerprint density at radius 3 is 1.92 bits per heavy atom. The summed E-state index contributed by atoms with van der Waals surface area (Å²) in [5, 5.41) is 12.8. The van der Waals surface area contributed by atoms with Gasteiger partial charge in [-0.2, -0.15) is 5.10 Å². The van der Waals surface area contributed by atoms with Gasteiger partial charge in [0.15, 0.2) is 0 Å². The lowest BCUT2D eigenvalue weighted by molar-refractivity contribution is 1.09. The molecule has 24 heavy (non-hydrogen) atoms. The van der Waals surface area contributed by atoms with Crippen LogP contribution >= 0.6 is 0 Å². The van der Waals surface area contributed by atoms with Crippen molar-refractivity contribution in [2.75, 3.05) is 0 Å². The molecule has 3 heteroatoms. The number of fused-ring (bicyclic) bond motifs is 4. The topological polar surface area (TPSA) is 38.7 Å². The Morgan fingerprint density at radius 1 is 0.542 bits per heavy atom. The van der Waals surface area contributed by atoms with Crippen LogP contribution in [0.5, 0.6) is 0 Å². The Morgan fingerprint density at radius 2 is 1.21 bits per heavy atom. The molecule has 0 unspecified atom stereocenters. The van der Waals surface area contributed by atoms with Gasteiger partial charge in [0.2, 0.25) is 0 Å². The van der Waals surface area contributed by atoms with E-state index in [2.05, 4.69) is 63.7 Å². The van der Waals surface area contributed by atoms with Crippen LogP contribution in [0.4, 0.5) is 0 Å². The maximum atomic E-state index is 4.22. The molecule has 0 saturated carbocycles. The molecule has 0 amide bonds. The van der Waals surface area contributed by atoms with Crippen molar-refractivity contribution in [3.8, 4) is 0 Å². The van der Waals surface area contributed by atoms with Crippen LogP contribution in [0.1, 0.15) is 0 Å². The molecule has 114 valence electrons. The molecular weight excluding hydrogens is 294 g/mol. The Labute approximate surface area is 139 Å². The molecule has 0 N–H and O–H groups in total. The van der Waals surface area contributed by atoms with Gasteiger partial charge in [-0.05, 0) is 29.0 Å². The molecule has 5 rings (SSSR count). The van der Waals surface area contributed by atoms with Gasteiger partial charge in [-0.3, -0.25) is 4.98 Å². The normalized spacial score (nSPS) is 10.5. The van der Waals surface area contributed by atoms with E-state index in [-0.39, 0.29) is 0 Å². The van der Waals surface area contributed by atoms with Crippen molar-refractivity contribution in [1.82, 2.24) is 15.2 Å². The van der Waals surface area contributed by atoms with E-state index >= 15 is 0 Å². The number of nitrogens with zero attached hydrogens (tertiary/aromatic N) is 3. The van der Waals surface area contributed by atoms with Gasteiger partial charge in [-0.1, -0.05) is 60.7 Å². The zero-order valence-corrected chi connectivity index (χ0v) is 13.0. The molecule has 0 spiro atoms. The minimum absolute atomic E-state index is 0.907. The third-order valence-electron chi connectivity index (χ3n) is 3.93. The number of hydrogen-bond acceptors (Lipinski definition) is 3. The first-order valence-electron chi connectivity index (χ1n) is 7.81. The molecular formula is C21H15N3. The zero-order chi connectivity index (χ0) is 16.2. The summed E-state index contributed by atoms with van der Waals surface area (Å²) in [6.45, 7) is 0. The van der Waals surface area contributed by atoms with Gasteiger partial charge in [0, 0.05) is 23.2 Å². The molecule has 0 atom stereocenters. The molecule has 3 aromatic carbocycles. The first-order chi connectivity index (χ1) is 11.9. The second-order valence-electron chi connectivity index (χ2n) is 5.45. The summed E-state index contributed by atoms with van der Waals surface area (Å²) >= 11 is 0. The maximum Gasteiger partial charge on any atom is 0.102 e. The van der Waals surface area contributed by atoms with Crippen LogP contribution in [0.3, 0.4) is 0 Å². The molecule has 3 nitrogen and oxygen atoms in total. The van der Waals surface area contributed by atoms with Gasteiger partial charge in [0.25, 0.3) is 0 Å². The number of hydrogen-bond donors (Lipinski definition) is 0. The highest BCUT2D eigenvalue weighted by Crippen LogP contribution is 2.20. The maximum absolute atomic E-state index is 4.22. The van der Waals surface area contributed by atoms with Crippen LogP contribution in [0.15, 0.2) is 91.3 Å². The lowest BCUT2D eigenvalue weighted by Crippen LogP contribution is -1.76. The van der Waals surface area contributed by atoms with Crippen LogP contribution < -0.4 is 0 Å². The molecule has 0 saturated heterocycles. The molecule has 0 aliphatic rings. The lowest BCUT2D eigenvalue weighted by Gasteiger charge is -1.92. The lowest BCUT2D eigenvalue weighted by atomic mass is 10.1. The Balaban J connectivity index is 0.000000129. The van der Waals surface area contributed by atoms with Crippen molar-refractivity contribution in [3.63, 3.8) is 0 Å². The summed E-state index contributed by atoms with van der Waals surface area (Å²) in [5.41, 5.74) is 1.88. The summed E-state index contributed by atoms with van der Waals surface area (Å²) in [5.74, 6) is 0. The number of rotatable bonds is 0. The first kappa shape index (κ1) is 14.3. The Hall–Kier alpha value is -3.33. The molecule has 2 heterocycles. The average molecular weight is 309 g/mol. The highest BCUT2D eigenvalue weighted by Gasteiger charge is 2.01. The SMILES string of the molecule is c1ccc2ccccc2c1.c1cnnc2c(c1)ccc1nccc12. The van der Waals surface area contributed by atoms with E-state index in [1.807, 2.05) is 30.3 Å². The fraction of sp³-hybridized carbons (Fsp3) is 0. The first-order valence-corrected chi connectivity index (χ1v) is 7.81. The fourth-order valence-corrected chi connectivity index (χ4v) is 2.74. The van der Waals surface area contributed by atoms with Crippen molar-refractivity contribution in [3.05, 3.63) is 91.3 Å². The van der Waals surface area contributed by atoms with E-state index in [1.165, 1.54) is 10.8 Å². The molecule has 2 aromatic heterocycles. The summed E-state index contributed by atoms with van der Waals surface area (Å²) in [6, 6.07) is 26.6. The van der Waals surface area contributed by atoms with Gasteiger partial charge >= 0.3 is 0 Å². The van der Waals surface area contributed by atoms with E-state index in [0.29, 0.717) is 0 Å². The van der Waals surface area contributed by atoms with E-state index in [4.69, 9.17) is 0 Å². The van der Waals surface area contributed by atoms with Gasteiger partial charge < -0.3 is 0 Å². The summed E-state index contributed by atoms with van der Waals surface area (Å²) in [7, 11) is 0. The van der Waals surface area contributed by atoms with E-state index < -0.39 is 0 Å². The van der Waals surface area contributed by atoms with Crippen LogP contribution in [-0.2, 0) is 0 Å². The van der Waals surface area contributed by atoms with Crippen molar-refractivity contribution >= 4 is 32.6 Å². The number of aromatic nitrogens is 3. The largest absolute Gasteiger partial charge is 0.256 e. The van der Waals surface area contributed by atoms with Crippen molar-refractivity contribution < 1.29 is 0 Å². The second kappa shape index (κ2) is 6.42. The average Bonchev–Trinajstić information content (AvgIpc) is 3.00. The van der Waals surface area contributed by atoms with E-state index in [1.54, 1.807) is 12.4 Å². The van der Waals surface area contributed by atoms with Gasteiger partial charge in [-0.25, -0.2) is 0 Å². The summed E-state index contributed by atoms with van der Waals surface area (Å²) in [4.78, 5) is 4.22.